The number of hydrogen-bond donors (Lipinski definition) is 1. The van der Waals surface area contributed by atoms with Gasteiger partial charge in [-0.15, -0.1) is 0 Å². The van der Waals surface area contributed by atoms with Crippen molar-refractivity contribution in [1.29, 1.82) is 0 Å². The molecule has 4 heteroatoms. The van der Waals surface area contributed by atoms with Gasteiger partial charge in [0.1, 0.15) is 0 Å². The number of hydrogen-bond acceptors (Lipinski definition) is 2. The van der Waals surface area contributed by atoms with Crippen LogP contribution in [0, 0.1) is 0 Å². The quantitative estimate of drug-likeness (QED) is 0.841. The number of para-hydroxylation sites is 1. The first-order chi connectivity index (χ1) is 9.24. The number of nitrogens with one attached hydrogen (secondary N) is 1. The van der Waals surface area contributed by atoms with Gasteiger partial charge in [-0.3, -0.25) is 4.79 Å². The first-order valence-corrected chi connectivity index (χ1v) is 7.03. The second kappa shape index (κ2) is 5.11. The molecule has 0 radical (unpaired) electrons. The van der Waals surface area contributed by atoms with Gasteiger partial charge in [-0.2, -0.15) is 0 Å². The Hall–Kier alpha value is -1.71. The molecule has 2 nitrogen and oxygen atoms in total. The first kappa shape index (κ1) is 12.3. The summed E-state index contributed by atoms with van der Waals surface area (Å²) in [6.07, 6.45) is 0. The third kappa shape index (κ3) is 2.53. The van der Waals surface area contributed by atoms with Gasteiger partial charge in [0.25, 0.3) is 5.91 Å². The molecule has 0 saturated heterocycles. The number of halogens is 1. The number of fused-ring (bicyclic) bond motifs is 1. The molecule has 3 rings (SSSR count). The molecule has 0 fully saturated rings. The van der Waals surface area contributed by atoms with E-state index < -0.39 is 0 Å². The van der Waals surface area contributed by atoms with E-state index in [1.807, 2.05) is 41.8 Å². The van der Waals surface area contributed by atoms with Gasteiger partial charge in [-0.1, -0.05) is 47.6 Å². The van der Waals surface area contributed by atoms with Crippen molar-refractivity contribution < 1.29 is 4.79 Å². The van der Waals surface area contributed by atoms with Crippen LogP contribution in [-0.2, 0) is 4.79 Å². The van der Waals surface area contributed by atoms with Crippen LogP contribution in [-0.4, -0.2) is 5.91 Å². The summed E-state index contributed by atoms with van der Waals surface area (Å²) >= 11 is 7.41. The van der Waals surface area contributed by atoms with Crippen molar-refractivity contribution in [2.75, 3.05) is 5.32 Å². The van der Waals surface area contributed by atoms with Crippen molar-refractivity contribution in [2.24, 2.45) is 0 Å². The Morgan fingerprint density at radius 1 is 1.00 bits per heavy atom. The van der Waals surface area contributed by atoms with Crippen molar-refractivity contribution in [2.45, 2.75) is 4.90 Å². The Labute approximate surface area is 120 Å². The van der Waals surface area contributed by atoms with Gasteiger partial charge >= 0.3 is 0 Å². The summed E-state index contributed by atoms with van der Waals surface area (Å²) in [7, 11) is 0. The number of benzene rings is 2. The van der Waals surface area contributed by atoms with Crippen LogP contribution >= 0.6 is 23.4 Å². The first-order valence-electron chi connectivity index (χ1n) is 5.77. The van der Waals surface area contributed by atoms with Gasteiger partial charge in [0, 0.05) is 9.92 Å². The molecule has 1 heterocycles. The number of rotatable bonds is 1. The van der Waals surface area contributed by atoms with E-state index in [1.54, 1.807) is 23.9 Å². The van der Waals surface area contributed by atoms with Gasteiger partial charge in [0.05, 0.1) is 11.3 Å². The molecule has 0 atom stereocenters. The molecule has 2 aromatic carbocycles. The number of carbonyl (C=O) groups is 1. The molecule has 0 aromatic heterocycles. The molecular weight excluding hydrogens is 278 g/mol. The highest BCUT2D eigenvalue weighted by Crippen LogP contribution is 2.34. The van der Waals surface area contributed by atoms with Crippen molar-refractivity contribution in [1.82, 2.24) is 0 Å². The second-order valence-electron chi connectivity index (χ2n) is 4.11. The van der Waals surface area contributed by atoms with Crippen LogP contribution < -0.4 is 5.32 Å². The van der Waals surface area contributed by atoms with E-state index in [4.69, 9.17) is 11.6 Å². The minimum atomic E-state index is -0.0974. The SMILES string of the molecule is O=C1Nc2ccccc2SC=C1c1ccc(Cl)cc1. The maximum atomic E-state index is 12.2. The highest BCUT2D eigenvalue weighted by atomic mass is 35.5. The zero-order valence-corrected chi connectivity index (χ0v) is 11.5. The molecular formula is C15H10ClNOS. The Morgan fingerprint density at radius 2 is 1.74 bits per heavy atom. The largest absolute Gasteiger partial charge is 0.321 e. The molecule has 0 unspecified atom stereocenters. The average molecular weight is 288 g/mol. The lowest BCUT2D eigenvalue weighted by atomic mass is 10.1. The second-order valence-corrected chi connectivity index (χ2v) is 5.45. The molecule has 19 heavy (non-hydrogen) atoms. The Bertz CT molecular complexity index is 664. The predicted octanol–water partition coefficient (Wildman–Crippen LogP) is 4.43. The molecule has 1 amide bonds. The van der Waals surface area contributed by atoms with Crippen LogP contribution in [0.2, 0.25) is 5.02 Å². The summed E-state index contributed by atoms with van der Waals surface area (Å²) in [6, 6.07) is 15.0. The van der Waals surface area contributed by atoms with Crippen LogP contribution in [0.15, 0.2) is 58.8 Å². The third-order valence-electron chi connectivity index (χ3n) is 2.84. The Kier molecular flexibility index (Phi) is 3.32. The molecule has 0 saturated carbocycles. The Balaban J connectivity index is 1.99. The van der Waals surface area contributed by atoms with E-state index in [0.29, 0.717) is 10.6 Å². The summed E-state index contributed by atoms with van der Waals surface area (Å²) in [5.41, 5.74) is 2.36. The van der Waals surface area contributed by atoms with Gasteiger partial charge in [0.2, 0.25) is 0 Å². The summed E-state index contributed by atoms with van der Waals surface area (Å²) < 4.78 is 0. The third-order valence-corrected chi connectivity index (χ3v) is 4.05. The van der Waals surface area contributed by atoms with Crippen LogP contribution in [0.25, 0.3) is 5.57 Å². The van der Waals surface area contributed by atoms with Gasteiger partial charge in [-0.25, -0.2) is 0 Å². The normalized spacial score (nSPS) is 14.2. The zero-order valence-electron chi connectivity index (χ0n) is 9.89. The number of thioether (sulfide) groups is 1. The fourth-order valence-electron chi connectivity index (χ4n) is 1.87. The summed E-state index contributed by atoms with van der Waals surface area (Å²) in [5, 5.41) is 5.47. The number of anilines is 1. The van der Waals surface area contributed by atoms with E-state index in [1.165, 1.54) is 0 Å². The molecule has 0 aliphatic carbocycles. The lowest BCUT2D eigenvalue weighted by Gasteiger charge is -2.07. The van der Waals surface area contributed by atoms with Crippen molar-refractivity contribution in [3.63, 3.8) is 0 Å². The van der Waals surface area contributed by atoms with Crippen molar-refractivity contribution >= 4 is 40.5 Å². The van der Waals surface area contributed by atoms with Crippen molar-refractivity contribution in [3.05, 3.63) is 64.5 Å². The highest BCUT2D eigenvalue weighted by molar-refractivity contribution is 8.02. The van der Waals surface area contributed by atoms with E-state index in [2.05, 4.69) is 5.32 Å². The van der Waals surface area contributed by atoms with E-state index in [9.17, 15) is 4.79 Å². The summed E-state index contributed by atoms with van der Waals surface area (Å²) in [6.45, 7) is 0. The minimum absolute atomic E-state index is 0.0974. The van der Waals surface area contributed by atoms with Gasteiger partial charge < -0.3 is 5.32 Å². The van der Waals surface area contributed by atoms with Crippen LogP contribution in [0.5, 0.6) is 0 Å². The fraction of sp³-hybridized carbons (Fsp3) is 0. The zero-order chi connectivity index (χ0) is 13.2. The maximum Gasteiger partial charge on any atom is 0.256 e. The lowest BCUT2D eigenvalue weighted by molar-refractivity contribution is -0.111. The van der Waals surface area contributed by atoms with Gasteiger partial charge in [0.15, 0.2) is 0 Å². The number of amides is 1. The molecule has 0 bridgehead atoms. The van der Waals surface area contributed by atoms with Gasteiger partial charge in [-0.05, 0) is 35.2 Å². The molecule has 1 N–H and O–H groups in total. The van der Waals surface area contributed by atoms with Crippen molar-refractivity contribution in [3.8, 4) is 0 Å². The van der Waals surface area contributed by atoms with E-state index in [0.717, 1.165) is 16.1 Å². The predicted molar refractivity (Wildman–Crippen MR) is 80.4 cm³/mol. The monoisotopic (exact) mass is 287 g/mol. The summed E-state index contributed by atoms with van der Waals surface area (Å²) in [5.74, 6) is -0.0974. The lowest BCUT2D eigenvalue weighted by Crippen LogP contribution is -2.12. The molecule has 1 aliphatic rings. The standard InChI is InChI=1S/C15H10ClNOS/c16-11-7-5-10(6-8-11)12-9-19-14-4-2-1-3-13(14)17-15(12)18/h1-9H,(H,17,18). The van der Waals surface area contributed by atoms with Crippen LogP contribution in [0.4, 0.5) is 5.69 Å². The van der Waals surface area contributed by atoms with E-state index >= 15 is 0 Å². The minimum Gasteiger partial charge on any atom is -0.321 e. The molecule has 0 spiro atoms. The molecule has 2 aromatic rings. The molecule has 94 valence electrons. The fourth-order valence-corrected chi connectivity index (χ4v) is 2.88. The maximum absolute atomic E-state index is 12.2. The Morgan fingerprint density at radius 3 is 2.53 bits per heavy atom. The summed E-state index contributed by atoms with van der Waals surface area (Å²) in [4.78, 5) is 13.3. The van der Waals surface area contributed by atoms with E-state index in [-0.39, 0.29) is 5.91 Å². The number of carbonyl (C=O) groups excluding carboxylic acids is 1. The van der Waals surface area contributed by atoms with Crippen LogP contribution in [0.3, 0.4) is 0 Å². The molecule has 1 aliphatic heterocycles. The smallest absolute Gasteiger partial charge is 0.256 e. The highest BCUT2D eigenvalue weighted by Gasteiger charge is 2.17. The average Bonchev–Trinajstić information content (AvgIpc) is 2.58. The van der Waals surface area contributed by atoms with Crippen LogP contribution in [0.1, 0.15) is 5.56 Å². The topological polar surface area (TPSA) is 29.1 Å².